The van der Waals surface area contributed by atoms with Gasteiger partial charge in [-0.2, -0.15) is 4.39 Å². The van der Waals surface area contributed by atoms with Crippen LogP contribution < -0.4 is 4.90 Å². The Morgan fingerprint density at radius 2 is 2.19 bits per heavy atom. The van der Waals surface area contributed by atoms with Gasteiger partial charge in [0.1, 0.15) is 0 Å². The fraction of sp³-hybridized carbons (Fsp3) is 0.583. The van der Waals surface area contributed by atoms with Crippen molar-refractivity contribution in [1.29, 1.82) is 0 Å². The molecule has 1 aromatic rings. The van der Waals surface area contributed by atoms with E-state index >= 15 is 0 Å². The highest BCUT2D eigenvalue weighted by Gasteiger charge is 2.21. The average molecular weight is 289 g/mol. The van der Waals surface area contributed by atoms with E-state index in [2.05, 4.69) is 32.7 Å². The van der Waals surface area contributed by atoms with Crippen LogP contribution in [0.1, 0.15) is 27.2 Å². The third-order valence-electron chi connectivity index (χ3n) is 2.55. The topological polar surface area (TPSA) is 16.1 Å². The van der Waals surface area contributed by atoms with Gasteiger partial charge in [0.2, 0.25) is 5.95 Å². The Kier molecular flexibility index (Phi) is 5.19. The predicted molar refractivity (Wildman–Crippen MR) is 69.2 cm³/mol. The van der Waals surface area contributed by atoms with Crippen LogP contribution in [-0.2, 0) is 0 Å². The molecule has 1 atom stereocenters. The normalized spacial score (nSPS) is 19.3. The molecular formula is C12H18BrFN2. The zero-order valence-corrected chi connectivity index (χ0v) is 11.6. The second kappa shape index (κ2) is 6.18. The van der Waals surface area contributed by atoms with Crippen LogP contribution in [0, 0.1) is 11.9 Å². The first-order valence-corrected chi connectivity index (χ1v) is 6.52. The summed E-state index contributed by atoms with van der Waals surface area (Å²) in [6.45, 7) is 8.04. The number of pyridine rings is 1. The van der Waals surface area contributed by atoms with E-state index in [0.717, 1.165) is 24.0 Å². The van der Waals surface area contributed by atoms with Crippen molar-refractivity contribution < 1.29 is 4.39 Å². The van der Waals surface area contributed by atoms with Crippen LogP contribution in [0.2, 0.25) is 0 Å². The summed E-state index contributed by atoms with van der Waals surface area (Å²) < 4.78 is 14.2. The summed E-state index contributed by atoms with van der Waals surface area (Å²) in [6, 6.07) is 1.79. The Hall–Kier alpha value is -0.640. The molecule has 1 fully saturated rings. The lowest BCUT2D eigenvalue weighted by Gasteiger charge is -2.18. The van der Waals surface area contributed by atoms with E-state index in [1.807, 2.05) is 13.8 Å². The average Bonchev–Trinajstić information content (AvgIpc) is 2.71. The first-order valence-electron chi connectivity index (χ1n) is 5.73. The second-order valence-electron chi connectivity index (χ2n) is 3.80. The highest BCUT2D eigenvalue weighted by atomic mass is 79.9. The standard InChI is InChI=1S/C10H12BrFN2.C2H6/c1-7-2-3-14(6-7)9-4-8(11)5-13-10(9)12;1-2/h4-5,7H,2-3,6H2,1H3;1-2H3. The minimum atomic E-state index is -0.373. The van der Waals surface area contributed by atoms with Crippen molar-refractivity contribution in [2.24, 2.45) is 5.92 Å². The molecule has 90 valence electrons. The van der Waals surface area contributed by atoms with E-state index in [4.69, 9.17) is 0 Å². The van der Waals surface area contributed by atoms with Crippen LogP contribution in [0.4, 0.5) is 10.1 Å². The summed E-state index contributed by atoms with van der Waals surface area (Å²) in [5.74, 6) is 0.274. The van der Waals surface area contributed by atoms with Crippen molar-refractivity contribution in [3.63, 3.8) is 0 Å². The van der Waals surface area contributed by atoms with Crippen LogP contribution >= 0.6 is 15.9 Å². The minimum Gasteiger partial charge on any atom is -0.368 e. The number of aromatic nitrogens is 1. The van der Waals surface area contributed by atoms with Gasteiger partial charge in [-0.15, -0.1) is 0 Å². The number of anilines is 1. The number of halogens is 2. The second-order valence-corrected chi connectivity index (χ2v) is 4.72. The van der Waals surface area contributed by atoms with Crippen LogP contribution in [0.5, 0.6) is 0 Å². The lowest BCUT2D eigenvalue weighted by atomic mass is 10.2. The van der Waals surface area contributed by atoms with E-state index in [9.17, 15) is 4.39 Å². The smallest absolute Gasteiger partial charge is 0.236 e. The van der Waals surface area contributed by atoms with Crippen molar-refractivity contribution in [1.82, 2.24) is 4.98 Å². The van der Waals surface area contributed by atoms with Crippen molar-refractivity contribution in [2.75, 3.05) is 18.0 Å². The number of rotatable bonds is 1. The van der Waals surface area contributed by atoms with Crippen molar-refractivity contribution >= 4 is 21.6 Å². The van der Waals surface area contributed by atoms with Crippen LogP contribution in [0.3, 0.4) is 0 Å². The molecule has 0 N–H and O–H groups in total. The van der Waals surface area contributed by atoms with Crippen molar-refractivity contribution in [2.45, 2.75) is 27.2 Å². The van der Waals surface area contributed by atoms with Gasteiger partial charge < -0.3 is 4.90 Å². The van der Waals surface area contributed by atoms with Gasteiger partial charge in [0.05, 0.1) is 5.69 Å². The van der Waals surface area contributed by atoms with Crippen LogP contribution in [0.25, 0.3) is 0 Å². The molecule has 0 spiro atoms. The van der Waals surface area contributed by atoms with Gasteiger partial charge in [-0.05, 0) is 34.3 Å². The zero-order chi connectivity index (χ0) is 12.1. The summed E-state index contributed by atoms with van der Waals surface area (Å²) in [7, 11) is 0. The maximum Gasteiger partial charge on any atom is 0.236 e. The maximum atomic E-state index is 13.4. The van der Waals surface area contributed by atoms with E-state index in [1.54, 1.807) is 6.07 Å². The Balaban J connectivity index is 0.000000606. The van der Waals surface area contributed by atoms with E-state index < -0.39 is 0 Å². The first kappa shape index (κ1) is 13.4. The molecular weight excluding hydrogens is 271 g/mol. The largest absolute Gasteiger partial charge is 0.368 e. The third-order valence-corrected chi connectivity index (χ3v) is 2.99. The molecule has 1 aliphatic heterocycles. The summed E-state index contributed by atoms with van der Waals surface area (Å²) in [6.07, 6.45) is 2.62. The molecule has 1 unspecified atom stereocenters. The highest BCUT2D eigenvalue weighted by Crippen LogP contribution is 2.27. The van der Waals surface area contributed by atoms with E-state index in [0.29, 0.717) is 11.6 Å². The summed E-state index contributed by atoms with van der Waals surface area (Å²) in [5.41, 5.74) is 0.615. The van der Waals surface area contributed by atoms with Gasteiger partial charge in [-0.3, -0.25) is 0 Å². The molecule has 0 amide bonds. The maximum absolute atomic E-state index is 13.4. The monoisotopic (exact) mass is 288 g/mol. The highest BCUT2D eigenvalue weighted by molar-refractivity contribution is 9.10. The SMILES string of the molecule is CC.CC1CCN(c2cc(Br)cnc2F)C1. The lowest BCUT2D eigenvalue weighted by Crippen LogP contribution is -2.20. The van der Waals surface area contributed by atoms with Crippen LogP contribution in [-0.4, -0.2) is 18.1 Å². The number of hydrogen-bond donors (Lipinski definition) is 0. The minimum absolute atomic E-state index is 0.373. The molecule has 2 heterocycles. The molecule has 4 heteroatoms. The van der Waals surface area contributed by atoms with E-state index in [-0.39, 0.29) is 5.95 Å². The fourth-order valence-electron chi connectivity index (χ4n) is 1.79. The molecule has 16 heavy (non-hydrogen) atoms. The molecule has 1 saturated heterocycles. The first-order chi connectivity index (χ1) is 7.66. The van der Waals surface area contributed by atoms with Gasteiger partial charge in [0.15, 0.2) is 0 Å². The molecule has 0 bridgehead atoms. The number of nitrogens with zero attached hydrogens (tertiary/aromatic N) is 2. The quantitative estimate of drug-likeness (QED) is 0.730. The molecule has 2 nitrogen and oxygen atoms in total. The molecule has 0 aromatic carbocycles. The van der Waals surface area contributed by atoms with Crippen molar-refractivity contribution in [3.8, 4) is 0 Å². The van der Waals surface area contributed by atoms with Gasteiger partial charge in [0.25, 0.3) is 0 Å². The van der Waals surface area contributed by atoms with Crippen molar-refractivity contribution in [3.05, 3.63) is 22.7 Å². The Morgan fingerprint density at radius 3 is 2.75 bits per heavy atom. The molecule has 0 aliphatic carbocycles. The van der Waals surface area contributed by atoms with Crippen LogP contribution in [0.15, 0.2) is 16.7 Å². The Morgan fingerprint density at radius 1 is 1.50 bits per heavy atom. The van der Waals surface area contributed by atoms with Gasteiger partial charge in [-0.1, -0.05) is 20.8 Å². The molecule has 2 rings (SSSR count). The summed E-state index contributed by atoms with van der Waals surface area (Å²) in [5, 5.41) is 0. The summed E-state index contributed by atoms with van der Waals surface area (Å²) >= 11 is 3.30. The van der Waals surface area contributed by atoms with Gasteiger partial charge in [0, 0.05) is 23.8 Å². The molecule has 0 radical (unpaired) electrons. The lowest BCUT2D eigenvalue weighted by molar-refractivity contribution is 0.578. The molecule has 1 aliphatic rings. The van der Waals surface area contributed by atoms with Gasteiger partial charge in [-0.25, -0.2) is 4.98 Å². The summed E-state index contributed by atoms with van der Waals surface area (Å²) in [4.78, 5) is 5.75. The predicted octanol–water partition coefficient (Wildman–Crippen LogP) is 3.86. The molecule has 0 saturated carbocycles. The fourth-order valence-corrected chi connectivity index (χ4v) is 2.11. The number of hydrogen-bond acceptors (Lipinski definition) is 2. The Bertz CT molecular complexity index is 344. The third kappa shape index (κ3) is 3.17. The van der Waals surface area contributed by atoms with E-state index in [1.165, 1.54) is 6.20 Å². The van der Waals surface area contributed by atoms with Gasteiger partial charge >= 0.3 is 0 Å². The zero-order valence-electron chi connectivity index (χ0n) is 10.0. The molecule has 1 aromatic heterocycles. The Labute approximate surface area is 105 Å².